The van der Waals surface area contributed by atoms with Gasteiger partial charge >= 0.3 is 6.03 Å². The van der Waals surface area contributed by atoms with Crippen LogP contribution in [0, 0.1) is 0 Å². The first-order valence-electron chi connectivity index (χ1n) is 6.24. The highest BCUT2D eigenvalue weighted by Crippen LogP contribution is 2.15. The Morgan fingerprint density at radius 1 is 1.30 bits per heavy atom. The lowest BCUT2D eigenvalue weighted by Gasteiger charge is -2.09. The fourth-order valence-corrected chi connectivity index (χ4v) is 1.62. The van der Waals surface area contributed by atoms with Crippen LogP contribution in [0.3, 0.4) is 0 Å². The van der Waals surface area contributed by atoms with E-state index in [9.17, 15) is 9.90 Å². The van der Waals surface area contributed by atoms with Crippen molar-refractivity contribution in [1.29, 1.82) is 0 Å². The average Bonchev–Trinajstić information content (AvgIpc) is 2.47. The number of amides is 2. The number of aromatic nitrogens is 2. The zero-order valence-corrected chi connectivity index (χ0v) is 11.1. The van der Waals surface area contributed by atoms with Gasteiger partial charge in [0.1, 0.15) is 0 Å². The van der Waals surface area contributed by atoms with E-state index in [1.165, 1.54) is 0 Å². The molecule has 1 atom stereocenters. The van der Waals surface area contributed by atoms with Crippen LogP contribution >= 0.6 is 0 Å². The number of nitrogens with one attached hydrogen (secondary N) is 2. The monoisotopic (exact) mass is 272 g/mol. The van der Waals surface area contributed by atoms with E-state index in [0.29, 0.717) is 17.9 Å². The highest BCUT2D eigenvalue weighted by atomic mass is 16.3. The Morgan fingerprint density at radius 2 is 2.05 bits per heavy atom. The van der Waals surface area contributed by atoms with Crippen LogP contribution < -0.4 is 10.6 Å². The van der Waals surface area contributed by atoms with Gasteiger partial charge in [-0.3, -0.25) is 0 Å². The lowest BCUT2D eigenvalue weighted by Crippen LogP contribution is -2.28. The molecule has 1 aromatic heterocycles. The number of anilines is 1. The van der Waals surface area contributed by atoms with Crippen LogP contribution in [0.1, 0.15) is 24.3 Å². The van der Waals surface area contributed by atoms with Crippen molar-refractivity contribution in [1.82, 2.24) is 15.5 Å². The van der Waals surface area contributed by atoms with Crippen LogP contribution in [0.5, 0.6) is 0 Å². The van der Waals surface area contributed by atoms with Crippen molar-refractivity contribution in [3.63, 3.8) is 0 Å². The third-order valence-corrected chi connectivity index (χ3v) is 2.71. The van der Waals surface area contributed by atoms with Gasteiger partial charge in [0.05, 0.1) is 18.3 Å². The molecule has 2 rings (SSSR count). The van der Waals surface area contributed by atoms with Crippen LogP contribution in [-0.4, -0.2) is 21.3 Å². The summed E-state index contributed by atoms with van der Waals surface area (Å²) in [6, 6.07) is 10.2. The molecule has 0 spiro atoms. The molecule has 0 fully saturated rings. The summed E-state index contributed by atoms with van der Waals surface area (Å²) in [5.74, 6) is 0. The second-order valence-electron chi connectivity index (χ2n) is 4.32. The Balaban J connectivity index is 1.85. The smallest absolute Gasteiger partial charge is 0.319 e. The number of aliphatic hydroxyl groups excluding tert-OH is 1. The molecule has 0 aliphatic heterocycles. The molecule has 3 N–H and O–H groups in total. The molecule has 6 heteroatoms. The summed E-state index contributed by atoms with van der Waals surface area (Å²) in [5, 5.41) is 22.4. The Hall–Kier alpha value is -2.47. The molecule has 2 amide bonds. The quantitative estimate of drug-likeness (QED) is 0.792. The second kappa shape index (κ2) is 6.63. The van der Waals surface area contributed by atoms with Crippen LogP contribution in [0.2, 0.25) is 0 Å². The Kier molecular flexibility index (Phi) is 4.62. The minimum atomic E-state index is -0.519. The van der Waals surface area contributed by atoms with Crippen molar-refractivity contribution in [2.24, 2.45) is 0 Å². The van der Waals surface area contributed by atoms with Crippen molar-refractivity contribution in [3.05, 3.63) is 53.9 Å². The molecular weight excluding hydrogens is 256 g/mol. The van der Waals surface area contributed by atoms with E-state index in [-0.39, 0.29) is 6.03 Å². The molecular formula is C14H16N4O2. The average molecular weight is 272 g/mol. The summed E-state index contributed by atoms with van der Waals surface area (Å²) in [7, 11) is 0. The number of rotatable bonds is 4. The molecule has 0 aliphatic carbocycles. The molecule has 2 aromatic rings. The van der Waals surface area contributed by atoms with Gasteiger partial charge in [-0.25, -0.2) is 4.79 Å². The van der Waals surface area contributed by atoms with E-state index < -0.39 is 6.10 Å². The van der Waals surface area contributed by atoms with Gasteiger partial charge in [0.15, 0.2) is 0 Å². The van der Waals surface area contributed by atoms with Gasteiger partial charge in [0.25, 0.3) is 0 Å². The molecule has 6 nitrogen and oxygen atoms in total. The van der Waals surface area contributed by atoms with E-state index in [1.807, 2.05) is 0 Å². The first-order chi connectivity index (χ1) is 9.65. The summed E-state index contributed by atoms with van der Waals surface area (Å²) in [5.41, 5.74) is 2.15. The summed E-state index contributed by atoms with van der Waals surface area (Å²) in [4.78, 5) is 11.7. The number of carbonyl (C=O) groups excluding carboxylic acids is 1. The summed E-state index contributed by atoms with van der Waals surface area (Å²) >= 11 is 0. The second-order valence-corrected chi connectivity index (χ2v) is 4.32. The predicted molar refractivity (Wildman–Crippen MR) is 75.0 cm³/mol. The molecule has 0 saturated heterocycles. The number of urea groups is 1. The Labute approximate surface area is 116 Å². The first kappa shape index (κ1) is 14.0. The number of hydrogen-bond acceptors (Lipinski definition) is 4. The minimum Gasteiger partial charge on any atom is -0.389 e. The third-order valence-electron chi connectivity index (χ3n) is 2.71. The van der Waals surface area contributed by atoms with Gasteiger partial charge in [0, 0.05) is 11.9 Å². The van der Waals surface area contributed by atoms with E-state index in [4.69, 9.17) is 0 Å². The first-order valence-corrected chi connectivity index (χ1v) is 6.24. The molecule has 1 unspecified atom stereocenters. The van der Waals surface area contributed by atoms with Crippen LogP contribution in [0.25, 0.3) is 0 Å². The topological polar surface area (TPSA) is 87.1 Å². The van der Waals surface area contributed by atoms with Gasteiger partial charge < -0.3 is 15.7 Å². The van der Waals surface area contributed by atoms with Crippen LogP contribution in [0.15, 0.2) is 42.6 Å². The fraction of sp³-hybridized carbons (Fsp3) is 0.214. The SMILES string of the molecule is CC(O)c1ccc(NC(=O)NCc2cccnn2)cc1. The lowest BCUT2D eigenvalue weighted by atomic mass is 10.1. The molecule has 0 radical (unpaired) electrons. The minimum absolute atomic E-state index is 0.311. The van der Waals surface area contributed by atoms with Crippen LogP contribution in [0.4, 0.5) is 10.5 Å². The standard InChI is InChI=1S/C14H16N4O2/c1-10(19)11-4-6-12(7-5-11)17-14(20)15-9-13-3-2-8-16-18-13/h2-8,10,19H,9H2,1H3,(H2,15,17,20). The number of aliphatic hydroxyl groups is 1. The van der Waals surface area contributed by atoms with E-state index in [0.717, 1.165) is 5.56 Å². The van der Waals surface area contributed by atoms with Gasteiger partial charge in [-0.1, -0.05) is 12.1 Å². The molecule has 0 aliphatic rings. The van der Waals surface area contributed by atoms with Crippen molar-refractivity contribution >= 4 is 11.7 Å². The zero-order valence-electron chi connectivity index (χ0n) is 11.1. The lowest BCUT2D eigenvalue weighted by molar-refractivity contribution is 0.199. The predicted octanol–water partition coefficient (Wildman–Crippen LogP) is 1.85. The van der Waals surface area contributed by atoms with Crippen molar-refractivity contribution in [2.45, 2.75) is 19.6 Å². The fourth-order valence-electron chi connectivity index (χ4n) is 1.62. The van der Waals surface area contributed by atoms with E-state index in [2.05, 4.69) is 20.8 Å². The maximum atomic E-state index is 11.7. The van der Waals surface area contributed by atoms with Crippen molar-refractivity contribution < 1.29 is 9.90 Å². The number of nitrogens with zero attached hydrogens (tertiary/aromatic N) is 2. The zero-order chi connectivity index (χ0) is 14.4. The summed E-state index contributed by atoms with van der Waals surface area (Å²) < 4.78 is 0. The van der Waals surface area contributed by atoms with E-state index >= 15 is 0 Å². The van der Waals surface area contributed by atoms with Gasteiger partial charge in [0.2, 0.25) is 0 Å². The van der Waals surface area contributed by atoms with Gasteiger partial charge in [-0.05, 0) is 36.8 Å². The molecule has 1 aromatic carbocycles. The molecule has 0 bridgehead atoms. The maximum absolute atomic E-state index is 11.7. The summed E-state index contributed by atoms with van der Waals surface area (Å²) in [6.45, 7) is 2.00. The van der Waals surface area contributed by atoms with Gasteiger partial charge in [-0.15, -0.1) is 0 Å². The molecule has 1 heterocycles. The van der Waals surface area contributed by atoms with Crippen molar-refractivity contribution in [3.8, 4) is 0 Å². The molecule has 0 saturated carbocycles. The number of carbonyl (C=O) groups is 1. The van der Waals surface area contributed by atoms with Gasteiger partial charge in [-0.2, -0.15) is 10.2 Å². The largest absolute Gasteiger partial charge is 0.389 e. The van der Waals surface area contributed by atoms with Crippen LogP contribution in [-0.2, 0) is 6.54 Å². The maximum Gasteiger partial charge on any atom is 0.319 e. The molecule has 20 heavy (non-hydrogen) atoms. The Morgan fingerprint density at radius 3 is 2.65 bits per heavy atom. The van der Waals surface area contributed by atoms with E-state index in [1.54, 1.807) is 49.5 Å². The van der Waals surface area contributed by atoms with Crippen molar-refractivity contribution in [2.75, 3.05) is 5.32 Å². The number of benzene rings is 1. The molecule has 104 valence electrons. The highest BCUT2D eigenvalue weighted by Gasteiger charge is 2.04. The summed E-state index contributed by atoms with van der Waals surface area (Å²) in [6.07, 6.45) is 1.06. The third kappa shape index (κ3) is 4.03. The Bertz CT molecular complexity index is 555. The normalized spacial score (nSPS) is 11.7. The highest BCUT2D eigenvalue weighted by molar-refractivity contribution is 5.89. The number of hydrogen-bond donors (Lipinski definition) is 3.